The van der Waals surface area contributed by atoms with Crippen molar-refractivity contribution in [1.82, 2.24) is 5.32 Å². The summed E-state index contributed by atoms with van der Waals surface area (Å²) in [7, 11) is 1.72. The van der Waals surface area contributed by atoms with Gasteiger partial charge in [0.15, 0.2) is 0 Å². The van der Waals surface area contributed by atoms with Crippen molar-refractivity contribution in [2.75, 3.05) is 13.7 Å². The second-order valence-corrected chi connectivity index (χ2v) is 7.62. The minimum absolute atomic E-state index is 0.940. The molecule has 0 amide bonds. The van der Waals surface area contributed by atoms with E-state index in [1.807, 2.05) is 6.07 Å². The molecule has 0 bridgehead atoms. The summed E-state index contributed by atoms with van der Waals surface area (Å²) in [5.41, 5.74) is 1.30. The summed E-state index contributed by atoms with van der Waals surface area (Å²) >= 11 is 0. The molecule has 0 aliphatic rings. The zero-order valence-electron chi connectivity index (χ0n) is 17.5. The van der Waals surface area contributed by atoms with E-state index in [4.69, 9.17) is 4.74 Å². The van der Waals surface area contributed by atoms with Gasteiger partial charge in [0.05, 0.1) is 7.11 Å². The lowest BCUT2D eigenvalue weighted by atomic mass is 10.0. The van der Waals surface area contributed by atoms with Gasteiger partial charge < -0.3 is 10.1 Å². The molecule has 1 rings (SSSR count). The molecule has 26 heavy (non-hydrogen) atoms. The molecule has 0 aliphatic carbocycles. The average Bonchev–Trinajstić information content (AvgIpc) is 2.68. The van der Waals surface area contributed by atoms with Gasteiger partial charge in [0.25, 0.3) is 0 Å². The maximum absolute atomic E-state index is 5.26. The van der Waals surface area contributed by atoms with Gasteiger partial charge in [-0.3, -0.25) is 0 Å². The van der Waals surface area contributed by atoms with Crippen LogP contribution in [-0.4, -0.2) is 13.7 Å². The van der Waals surface area contributed by atoms with E-state index in [-0.39, 0.29) is 0 Å². The Balaban J connectivity index is 1.78. The van der Waals surface area contributed by atoms with Crippen molar-refractivity contribution in [2.45, 2.75) is 103 Å². The molecule has 0 fully saturated rings. The van der Waals surface area contributed by atoms with Crippen LogP contribution in [0, 0.1) is 0 Å². The molecule has 2 heteroatoms. The third-order valence-electron chi connectivity index (χ3n) is 5.17. The molecule has 0 aromatic heterocycles. The second-order valence-electron chi connectivity index (χ2n) is 7.62. The van der Waals surface area contributed by atoms with Gasteiger partial charge in [-0.05, 0) is 30.7 Å². The van der Waals surface area contributed by atoms with Crippen molar-refractivity contribution in [2.24, 2.45) is 0 Å². The van der Waals surface area contributed by atoms with Crippen molar-refractivity contribution in [3.63, 3.8) is 0 Å². The van der Waals surface area contributed by atoms with Crippen LogP contribution in [0.25, 0.3) is 0 Å². The molecule has 150 valence electrons. The van der Waals surface area contributed by atoms with Crippen LogP contribution in [0.4, 0.5) is 0 Å². The van der Waals surface area contributed by atoms with E-state index in [2.05, 4.69) is 30.4 Å². The summed E-state index contributed by atoms with van der Waals surface area (Å²) in [5, 5.41) is 3.54. The van der Waals surface area contributed by atoms with Crippen molar-refractivity contribution >= 4 is 0 Å². The van der Waals surface area contributed by atoms with Crippen LogP contribution in [-0.2, 0) is 6.54 Å². The molecule has 2 nitrogen and oxygen atoms in total. The molecule has 1 aromatic carbocycles. The fourth-order valence-electron chi connectivity index (χ4n) is 3.46. The molecule has 0 spiro atoms. The Bertz CT molecular complexity index is 418. The first-order chi connectivity index (χ1) is 12.9. The lowest BCUT2D eigenvalue weighted by Crippen LogP contribution is -2.14. The number of unbranched alkanes of at least 4 members (excludes halogenated alkanes) is 13. The second kappa shape index (κ2) is 17.4. The number of hydrogen-bond donors (Lipinski definition) is 1. The quantitative estimate of drug-likeness (QED) is 0.278. The highest BCUT2D eigenvalue weighted by Gasteiger charge is 1.96. The van der Waals surface area contributed by atoms with Crippen molar-refractivity contribution in [3.8, 4) is 5.75 Å². The molecule has 1 N–H and O–H groups in total. The highest BCUT2D eigenvalue weighted by Crippen LogP contribution is 2.13. The van der Waals surface area contributed by atoms with Gasteiger partial charge in [-0.15, -0.1) is 0 Å². The summed E-state index contributed by atoms with van der Waals surface area (Å²) in [4.78, 5) is 0. The number of nitrogens with one attached hydrogen (secondary N) is 1. The number of hydrogen-bond acceptors (Lipinski definition) is 2. The van der Waals surface area contributed by atoms with Gasteiger partial charge in [0, 0.05) is 6.54 Å². The molecule has 1 aromatic rings. The summed E-state index contributed by atoms with van der Waals surface area (Å²) in [6.45, 7) is 4.35. The van der Waals surface area contributed by atoms with E-state index in [1.165, 1.54) is 95.5 Å². The maximum atomic E-state index is 5.26. The molecule has 0 saturated carbocycles. The largest absolute Gasteiger partial charge is 0.497 e. The fraction of sp³-hybridized carbons (Fsp3) is 0.750. The maximum Gasteiger partial charge on any atom is 0.119 e. The van der Waals surface area contributed by atoms with Gasteiger partial charge in [0.1, 0.15) is 5.75 Å². The monoisotopic (exact) mass is 361 g/mol. The minimum atomic E-state index is 0.940. The van der Waals surface area contributed by atoms with Crippen LogP contribution in [0.5, 0.6) is 5.75 Å². The van der Waals surface area contributed by atoms with Crippen LogP contribution >= 0.6 is 0 Å². The lowest BCUT2D eigenvalue weighted by Gasteiger charge is -2.07. The molecule has 0 aliphatic heterocycles. The first-order valence-electron chi connectivity index (χ1n) is 11.2. The van der Waals surface area contributed by atoms with E-state index in [9.17, 15) is 0 Å². The first-order valence-corrected chi connectivity index (χ1v) is 11.2. The molecular weight excluding hydrogens is 318 g/mol. The van der Waals surface area contributed by atoms with Crippen LogP contribution < -0.4 is 10.1 Å². The third kappa shape index (κ3) is 13.2. The topological polar surface area (TPSA) is 21.3 Å². The van der Waals surface area contributed by atoms with Crippen LogP contribution in [0.2, 0.25) is 0 Å². The Morgan fingerprint density at radius 2 is 1.27 bits per heavy atom. The predicted molar refractivity (Wildman–Crippen MR) is 115 cm³/mol. The normalized spacial score (nSPS) is 11.0. The smallest absolute Gasteiger partial charge is 0.119 e. The summed E-state index contributed by atoms with van der Waals surface area (Å²) in [5.74, 6) is 0.945. The minimum Gasteiger partial charge on any atom is -0.497 e. The molecule has 0 atom stereocenters. The van der Waals surface area contributed by atoms with Gasteiger partial charge in [0.2, 0.25) is 0 Å². The highest BCUT2D eigenvalue weighted by atomic mass is 16.5. The van der Waals surface area contributed by atoms with E-state index >= 15 is 0 Å². The molecular formula is C24H43NO. The van der Waals surface area contributed by atoms with Gasteiger partial charge in [-0.2, -0.15) is 0 Å². The Kier molecular flexibility index (Phi) is 15.4. The Hall–Kier alpha value is -1.02. The van der Waals surface area contributed by atoms with Crippen LogP contribution in [0.1, 0.15) is 102 Å². The summed E-state index contributed by atoms with van der Waals surface area (Å²) < 4.78 is 5.26. The van der Waals surface area contributed by atoms with Crippen molar-refractivity contribution < 1.29 is 4.74 Å². The van der Waals surface area contributed by atoms with E-state index in [1.54, 1.807) is 7.11 Å². The van der Waals surface area contributed by atoms with E-state index < -0.39 is 0 Å². The highest BCUT2D eigenvalue weighted by molar-refractivity contribution is 5.28. The SMILES string of the molecule is CCCCCCCCCCCCCCCCNCc1cccc(OC)c1. The van der Waals surface area contributed by atoms with Crippen LogP contribution in [0.3, 0.4) is 0 Å². The average molecular weight is 362 g/mol. The standard InChI is InChI=1S/C24H43NO/c1-3-4-5-6-7-8-9-10-11-12-13-14-15-16-20-25-22-23-18-17-19-24(21-23)26-2/h17-19,21,25H,3-16,20,22H2,1-2H3. The van der Waals surface area contributed by atoms with Crippen molar-refractivity contribution in [1.29, 1.82) is 0 Å². The number of ether oxygens (including phenoxy) is 1. The molecule has 0 saturated heterocycles. The zero-order valence-corrected chi connectivity index (χ0v) is 17.5. The van der Waals surface area contributed by atoms with Gasteiger partial charge in [-0.1, -0.05) is 103 Å². The van der Waals surface area contributed by atoms with Crippen LogP contribution in [0.15, 0.2) is 24.3 Å². The Labute approximate surface area is 163 Å². The van der Waals surface area contributed by atoms with Gasteiger partial charge in [-0.25, -0.2) is 0 Å². The van der Waals surface area contributed by atoms with E-state index in [0.717, 1.165) is 18.8 Å². The number of benzene rings is 1. The molecule has 0 unspecified atom stereocenters. The summed E-state index contributed by atoms with van der Waals surface area (Å²) in [6.07, 6.45) is 19.9. The Morgan fingerprint density at radius 1 is 0.731 bits per heavy atom. The zero-order chi connectivity index (χ0) is 18.7. The fourth-order valence-corrected chi connectivity index (χ4v) is 3.46. The number of rotatable bonds is 18. The first kappa shape index (κ1) is 23.0. The Morgan fingerprint density at radius 3 is 1.81 bits per heavy atom. The molecule has 0 heterocycles. The predicted octanol–water partition coefficient (Wildman–Crippen LogP) is 7.27. The van der Waals surface area contributed by atoms with Gasteiger partial charge >= 0.3 is 0 Å². The third-order valence-corrected chi connectivity index (χ3v) is 5.17. The van der Waals surface area contributed by atoms with E-state index in [0.29, 0.717) is 0 Å². The molecule has 0 radical (unpaired) electrons. The number of methoxy groups -OCH3 is 1. The van der Waals surface area contributed by atoms with Crippen molar-refractivity contribution in [3.05, 3.63) is 29.8 Å². The lowest BCUT2D eigenvalue weighted by molar-refractivity contribution is 0.414. The summed E-state index contributed by atoms with van der Waals surface area (Å²) in [6, 6.07) is 8.32.